The first-order valence-electron chi connectivity index (χ1n) is 11.6. The van der Waals surface area contributed by atoms with E-state index in [9.17, 15) is 4.79 Å². The summed E-state index contributed by atoms with van der Waals surface area (Å²) in [5, 5.41) is 4.30. The molecule has 34 heavy (non-hydrogen) atoms. The highest BCUT2D eigenvalue weighted by Gasteiger charge is 2.10. The van der Waals surface area contributed by atoms with Crippen LogP contribution >= 0.6 is 0 Å². The second-order valence-corrected chi connectivity index (χ2v) is 7.81. The lowest BCUT2D eigenvalue weighted by Gasteiger charge is -2.24. The zero-order valence-electron chi connectivity index (χ0n) is 19.8. The van der Waals surface area contributed by atoms with Crippen LogP contribution in [0.4, 0.5) is 11.4 Å². The maximum Gasteiger partial charge on any atom is 0.248 e. The van der Waals surface area contributed by atoms with Gasteiger partial charge in [-0.05, 0) is 49.2 Å². The molecule has 3 N–H and O–H groups in total. The van der Waals surface area contributed by atoms with E-state index in [4.69, 9.17) is 10.5 Å². The van der Waals surface area contributed by atoms with Gasteiger partial charge in [0, 0.05) is 48.7 Å². The average molecular weight is 461 g/mol. The number of benzene rings is 1. The van der Waals surface area contributed by atoms with Crippen molar-refractivity contribution in [1.82, 2.24) is 9.97 Å². The maximum absolute atomic E-state index is 11.4. The van der Waals surface area contributed by atoms with Crippen molar-refractivity contribution in [3.8, 4) is 5.88 Å². The predicted octanol–water partition coefficient (Wildman–Crippen LogP) is 4.27. The Morgan fingerprint density at radius 3 is 2.65 bits per heavy atom. The number of nitrogens with zero attached hydrogens (tertiary/aromatic N) is 4. The maximum atomic E-state index is 11.4. The van der Waals surface area contributed by atoms with Crippen LogP contribution in [-0.4, -0.2) is 41.8 Å². The summed E-state index contributed by atoms with van der Waals surface area (Å²) in [4.78, 5) is 22.7. The Morgan fingerprint density at radius 1 is 1.12 bits per heavy atom. The Morgan fingerprint density at radius 2 is 1.94 bits per heavy atom. The molecule has 2 aromatic heterocycles. The summed E-state index contributed by atoms with van der Waals surface area (Å²) in [6.07, 6.45) is 6.20. The number of hydrogen-bond donors (Lipinski definition) is 2. The van der Waals surface area contributed by atoms with Gasteiger partial charge >= 0.3 is 0 Å². The van der Waals surface area contributed by atoms with E-state index >= 15 is 0 Å². The normalized spacial score (nSPS) is 10.9. The molecule has 0 saturated heterocycles. The third-order valence-electron chi connectivity index (χ3n) is 5.03. The molecule has 0 bridgehead atoms. The van der Waals surface area contributed by atoms with Crippen LogP contribution in [0.5, 0.6) is 5.88 Å². The zero-order chi connectivity index (χ0) is 24.2. The predicted molar refractivity (Wildman–Crippen MR) is 137 cm³/mol. The Balaban J connectivity index is 1.77. The van der Waals surface area contributed by atoms with Gasteiger partial charge in [0.1, 0.15) is 0 Å². The minimum Gasteiger partial charge on any atom is -0.477 e. The largest absolute Gasteiger partial charge is 0.477 e. The van der Waals surface area contributed by atoms with Crippen molar-refractivity contribution in [2.75, 3.05) is 30.0 Å². The molecule has 0 aliphatic carbocycles. The lowest BCUT2D eigenvalue weighted by molar-refractivity contribution is 0.100. The van der Waals surface area contributed by atoms with Crippen LogP contribution < -0.4 is 20.8 Å². The van der Waals surface area contributed by atoms with Crippen molar-refractivity contribution in [2.24, 2.45) is 10.8 Å². The van der Waals surface area contributed by atoms with Gasteiger partial charge in [0.25, 0.3) is 0 Å². The minimum absolute atomic E-state index is 0.415. The highest BCUT2D eigenvalue weighted by Crippen LogP contribution is 2.22. The van der Waals surface area contributed by atoms with E-state index in [2.05, 4.69) is 39.2 Å². The highest BCUT2D eigenvalue weighted by atomic mass is 16.5. The SMILES string of the molecule is CCCN(CCC)c1cc(/C=N/Nc2cccc(C(N)=O)c2)nc(OCCc2ccccn2)c1. The fraction of sp³-hybridized carbons (Fsp3) is 0.308. The number of pyridine rings is 2. The number of ether oxygens (including phenoxy) is 1. The Labute approximate surface area is 200 Å². The Hall–Kier alpha value is -3.94. The van der Waals surface area contributed by atoms with Crippen LogP contribution in [0, 0.1) is 0 Å². The fourth-order valence-corrected chi connectivity index (χ4v) is 3.47. The molecule has 3 aromatic rings. The van der Waals surface area contributed by atoms with E-state index in [0.717, 1.165) is 37.3 Å². The topological polar surface area (TPSA) is 106 Å². The van der Waals surface area contributed by atoms with Gasteiger partial charge in [0.15, 0.2) is 0 Å². The number of hydrazone groups is 1. The van der Waals surface area contributed by atoms with Crippen LogP contribution in [0.25, 0.3) is 0 Å². The molecule has 0 spiro atoms. The fourth-order valence-electron chi connectivity index (χ4n) is 3.47. The smallest absolute Gasteiger partial charge is 0.248 e. The summed E-state index contributed by atoms with van der Waals surface area (Å²) in [6.45, 7) is 6.70. The zero-order valence-corrected chi connectivity index (χ0v) is 19.8. The number of amides is 1. The monoisotopic (exact) mass is 460 g/mol. The van der Waals surface area contributed by atoms with Crippen LogP contribution in [0.15, 0.2) is 65.9 Å². The number of hydrogen-bond acceptors (Lipinski definition) is 7. The second-order valence-electron chi connectivity index (χ2n) is 7.81. The third-order valence-corrected chi connectivity index (χ3v) is 5.03. The van der Waals surface area contributed by atoms with Gasteiger partial charge in [-0.3, -0.25) is 15.2 Å². The van der Waals surface area contributed by atoms with Gasteiger partial charge in [-0.15, -0.1) is 0 Å². The summed E-state index contributed by atoms with van der Waals surface area (Å²) in [5.74, 6) is 0.0595. The molecule has 0 radical (unpaired) electrons. The van der Waals surface area contributed by atoms with E-state index in [1.54, 1.807) is 30.6 Å². The van der Waals surface area contributed by atoms with Gasteiger partial charge in [-0.1, -0.05) is 26.0 Å². The van der Waals surface area contributed by atoms with E-state index in [1.807, 2.05) is 36.4 Å². The number of carbonyl (C=O) groups excluding carboxylic acids is 1. The van der Waals surface area contributed by atoms with Crippen LogP contribution in [0.2, 0.25) is 0 Å². The molecule has 8 heteroatoms. The van der Waals surface area contributed by atoms with E-state index < -0.39 is 5.91 Å². The molecular formula is C26H32N6O2. The van der Waals surface area contributed by atoms with Crippen molar-refractivity contribution in [1.29, 1.82) is 0 Å². The molecule has 1 amide bonds. The van der Waals surface area contributed by atoms with Crippen molar-refractivity contribution in [3.05, 3.63) is 77.7 Å². The van der Waals surface area contributed by atoms with Crippen molar-refractivity contribution in [3.63, 3.8) is 0 Å². The van der Waals surface area contributed by atoms with Crippen molar-refractivity contribution >= 4 is 23.5 Å². The summed E-state index contributed by atoms with van der Waals surface area (Å²) in [5.41, 5.74) is 12.0. The average Bonchev–Trinajstić information content (AvgIpc) is 2.85. The third kappa shape index (κ3) is 7.58. The lowest BCUT2D eigenvalue weighted by Crippen LogP contribution is -2.25. The second kappa shape index (κ2) is 12.9. The minimum atomic E-state index is -0.485. The van der Waals surface area contributed by atoms with Crippen molar-refractivity contribution < 1.29 is 9.53 Å². The van der Waals surface area contributed by atoms with E-state index in [-0.39, 0.29) is 0 Å². The number of rotatable bonds is 13. The van der Waals surface area contributed by atoms with Crippen LogP contribution in [0.3, 0.4) is 0 Å². The molecule has 0 atom stereocenters. The van der Waals surface area contributed by atoms with Gasteiger partial charge in [0.2, 0.25) is 11.8 Å². The molecule has 0 saturated carbocycles. The van der Waals surface area contributed by atoms with E-state index in [1.165, 1.54) is 0 Å². The van der Waals surface area contributed by atoms with E-state index in [0.29, 0.717) is 35.9 Å². The first-order valence-corrected chi connectivity index (χ1v) is 11.6. The standard InChI is InChI=1S/C26H32N6O2/c1-3-13-32(14-4-2)24-17-23(19-29-31-22-10-7-8-20(16-22)26(27)33)30-25(18-24)34-15-11-21-9-5-6-12-28-21/h5-10,12,16-19,31H,3-4,11,13-15H2,1-2H3,(H2,27,33)/b29-19+. The molecule has 178 valence electrons. The molecule has 3 rings (SSSR count). The molecule has 0 fully saturated rings. The summed E-state index contributed by atoms with van der Waals surface area (Å²) in [7, 11) is 0. The number of nitrogens with two attached hydrogens (primary N) is 1. The first-order chi connectivity index (χ1) is 16.6. The summed E-state index contributed by atoms with van der Waals surface area (Å²) in [6, 6.07) is 16.7. The van der Waals surface area contributed by atoms with Crippen molar-refractivity contribution in [2.45, 2.75) is 33.1 Å². The number of anilines is 2. The summed E-state index contributed by atoms with van der Waals surface area (Å²) < 4.78 is 5.99. The quantitative estimate of drug-likeness (QED) is 0.291. The number of aromatic nitrogens is 2. The highest BCUT2D eigenvalue weighted by molar-refractivity contribution is 5.93. The van der Waals surface area contributed by atoms with Gasteiger partial charge in [0.05, 0.1) is 24.2 Å². The molecule has 0 aliphatic rings. The van der Waals surface area contributed by atoms with Gasteiger partial charge < -0.3 is 15.4 Å². The van der Waals surface area contributed by atoms with Gasteiger partial charge in [-0.2, -0.15) is 5.10 Å². The lowest BCUT2D eigenvalue weighted by atomic mass is 10.2. The number of primary amides is 1. The van der Waals surface area contributed by atoms with Gasteiger partial charge in [-0.25, -0.2) is 4.98 Å². The summed E-state index contributed by atoms with van der Waals surface area (Å²) >= 11 is 0. The first kappa shape index (κ1) is 24.7. The molecule has 1 aromatic carbocycles. The number of carbonyl (C=O) groups is 1. The number of nitrogens with one attached hydrogen (secondary N) is 1. The molecule has 0 aliphatic heterocycles. The van der Waals surface area contributed by atoms with Crippen LogP contribution in [0.1, 0.15) is 48.4 Å². The Bertz CT molecular complexity index is 1080. The van der Waals surface area contributed by atoms with Crippen LogP contribution in [-0.2, 0) is 6.42 Å². The molecule has 2 heterocycles. The molecule has 0 unspecified atom stereocenters. The molecule has 8 nitrogen and oxygen atoms in total. The Kier molecular flexibility index (Phi) is 9.40. The molecular weight excluding hydrogens is 428 g/mol.